The lowest BCUT2D eigenvalue weighted by Gasteiger charge is -2.22. The van der Waals surface area contributed by atoms with Crippen LogP contribution >= 0.6 is 34.8 Å². The number of hydrogen-bond donors (Lipinski definition) is 1. The third-order valence-corrected chi connectivity index (χ3v) is 4.21. The molecular formula is C18H17Cl3N2O3. The van der Waals surface area contributed by atoms with Crippen molar-refractivity contribution >= 4 is 52.3 Å². The van der Waals surface area contributed by atoms with Crippen molar-refractivity contribution in [2.24, 2.45) is 0 Å². The van der Waals surface area contributed by atoms with Gasteiger partial charge in [-0.2, -0.15) is 0 Å². The van der Waals surface area contributed by atoms with Gasteiger partial charge >= 0.3 is 0 Å². The summed E-state index contributed by atoms with van der Waals surface area (Å²) in [6, 6.07) is 11.4. The second-order valence-corrected chi connectivity index (χ2v) is 6.86. The van der Waals surface area contributed by atoms with Crippen molar-refractivity contribution in [2.45, 2.75) is 13.0 Å². The Kier molecular flexibility index (Phi) is 7.14. The second-order valence-electron chi connectivity index (χ2n) is 5.58. The van der Waals surface area contributed by atoms with Crippen LogP contribution in [0.25, 0.3) is 0 Å². The normalized spacial score (nSPS) is 11.6. The summed E-state index contributed by atoms with van der Waals surface area (Å²) in [6.45, 7) is 1.46. The summed E-state index contributed by atoms with van der Waals surface area (Å²) in [5, 5.41) is 4.04. The van der Waals surface area contributed by atoms with Crippen LogP contribution in [0.15, 0.2) is 42.5 Å². The standard InChI is InChI=1S/C18H17Cl3N2O3/c1-11(26-16-8-5-13(20)9-15(16)21)18(25)23(2)10-17(24)22-14-6-3-12(19)4-7-14/h3-9,11H,10H2,1-2H3,(H,22,24). The minimum Gasteiger partial charge on any atom is -0.479 e. The van der Waals surface area contributed by atoms with Gasteiger partial charge in [0.05, 0.1) is 11.6 Å². The van der Waals surface area contributed by atoms with E-state index in [1.807, 2.05) is 0 Å². The van der Waals surface area contributed by atoms with E-state index < -0.39 is 6.10 Å². The molecule has 0 aromatic heterocycles. The highest BCUT2D eigenvalue weighted by Crippen LogP contribution is 2.28. The van der Waals surface area contributed by atoms with Crippen LogP contribution < -0.4 is 10.1 Å². The lowest BCUT2D eigenvalue weighted by molar-refractivity contribution is -0.139. The first kappa shape index (κ1) is 20.4. The highest BCUT2D eigenvalue weighted by molar-refractivity contribution is 6.35. The van der Waals surface area contributed by atoms with Gasteiger partial charge < -0.3 is 15.0 Å². The molecule has 0 bridgehead atoms. The number of amides is 2. The molecule has 0 heterocycles. The van der Waals surface area contributed by atoms with Gasteiger partial charge in [-0.25, -0.2) is 0 Å². The fourth-order valence-electron chi connectivity index (χ4n) is 2.15. The van der Waals surface area contributed by atoms with E-state index in [0.717, 1.165) is 0 Å². The van der Waals surface area contributed by atoms with E-state index in [4.69, 9.17) is 39.5 Å². The summed E-state index contributed by atoms with van der Waals surface area (Å²) in [5.41, 5.74) is 0.595. The van der Waals surface area contributed by atoms with Crippen LogP contribution in [0.3, 0.4) is 0 Å². The molecule has 26 heavy (non-hydrogen) atoms. The van der Waals surface area contributed by atoms with Gasteiger partial charge in [-0.3, -0.25) is 9.59 Å². The Morgan fingerprint density at radius 1 is 1.08 bits per heavy atom. The number of carbonyl (C=O) groups excluding carboxylic acids is 2. The molecule has 2 aromatic rings. The molecule has 0 saturated carbocycles. The van der Waals surface area contributed by atoms with Crippen molar-refractivity contribution in [2.75, 3.05) is 18.9 Å². The number of halogens is 3. The minimum atomic E-state index is -0.818. The maximum Gasteiger partial charge on any atom is 0.263 e. The SMILES string of the molecule is CC(Oc1ccc(Cl)cc1Cl)C(=O)N(C)CC(=O)Nc1ccc(Cl)cc1. The van der Waals surface area contributed by atoms with Crippen molar-refractivity contribution in [1.29, 1.82) is 0 Å². The Hall–Kier alpha value is -1.95. The van der Waals surface area contributed by atoms with Crippen LogP contribution in [-0.2, 0) is 9.59 Å². The molecule has 8 heteroatoms. The van der Waals surface area contributed by atoms with Gasteiger partial charge in [0.1, 0.15) is 5.75 Å². The van der Waals surface area contributed by atoms with Gasteiger partial charge in [-0.15, -0.1) is 0 Å². The predicted octanol–water partition coefficient (Wildman–Crippen LogP) is 4.51. The highest BCUT2D eigenvalue weighted by atomic mass is 35.5. The average Bonchev–Trinajstić information content (AvgIpc) is 2.58. The number of hydrogen-bond acceptors (Lipinski definition) is 3. The van der Waals surface area contributed by atoms with Crippen LogP contribution in [-0.4, -0.2) is 36.4 Å². The van der Waals surface area contributed by atoms with Gasteiger partial charge in [-0.05, 0) is 49.4 Å². The predicted molar refractivity (Wildman–Crippen MR) is 104 cm³/mol. The van der Waals surface area contributed by atoms with Crippen molar-refractivity contribution in [3.05, 3.63) is 57.5 Å². The van der Waals surface area contributed by atoms with Crippen LogP contribution in [0.4, 0.5) is 5.69 Å². The molecule has 2 amide bonds. The molecule has 2 rings (SSSR count). The number of nitrogens with one attached hydrogen (secondary N) is 1. The third-order valence-electron chi connectivity index (χ3n) is 3.43. The van der Waals surface area contributed by atoms with Crippen LogP contribution in [0.1, 0.15) is 6.92 Å². The van der Waals surface area contributed by atoms with Crippen molar-refractivity contribution < 1.29 is 14.3 Å². The number of benzene rings is 2. The van der Waals surface area contributed by atoms with Crippen LogP contribution in [0.5, 0.6) is 5.75 Å². The zero-order valence-corrected chi connectivity index (χ0v) is 16.4. The summed E-state index contributed by atoms with van der Waals surface area (Å²) in [6.07, 6.45) is -0.818. The van der Waals surface area contributed by atoms with E-state index in [0.29, 0.717) is 26.5 Å². The monoisotopic (exact) mass is 414 g/mol. The zero-order chi connectivity index (χ0) is 19.3. The number of carbonyl (C=O) groups is 2. The van der Waals surface area contributed by atoms with Gasteiger partial charge in [-0.1, -0.05) is 34.8 Å². The molecular weight excluding hydrogens is 399 g/mol. The molecule has 0 aliphatic carbocycles. The second kappa shape index (κ2) is 9.12. The first-order chi connectivity index (χ1) is 12.3. The minimum absolute atomic E-state index is 0.122. The van der Waals surface area contributed by atoms with Gasteiger partial charge in [0, 0.05) is 22.8 Å². The Labute approximate surface area is 166 Å². The highest BCUT2D eigenvalue weighted by Gasteiger charge is 2.22. The molecule has 0 spiro atoms. The number of nitrogens with zero attached hydrogens (tertiary/aromatic N) is 1. The fraction of sp³-hybridized carbons (Fsp3) is 0.222. The summed E-state index contributed by atoms with van der Waals surface area (Å²) in [5.74, 6) is -0.349. The molecule has 138 valence electrons. The zero-order valence-electron chi connectivity index (χ0n) is 14.1. The molecule has 0 radical (unpaired) electrons. The first-order valence-electron chi connectivity index (χ1n) is 7.68. The third kappa shape index (κ3) is 5.80. The molecule has 0 fully saturated rings. The van der Waals surface area contributed by atoms with Crippen LogP contribution in [0, 0.1) is 0 Å². The van der Waals surface area contributed by atoms with E-state index in [1.165, 1.54) is 18.0 Å². The lowest BCUT2D eigenvalue weighted by atomic mass is 10.3. The van der Waals surface area contributed by atoms with Crippen molar-refractivity contribution in [3.8, 4) is 5.75 Å². The number of anilines is 1. The van der Waals surface area contributed by atoms with Crippen molar-refractivity contribution in [1.82, 2.24) is 4.90 Å². The summed E-state index contributed by atoms with van der Waals surface area (Å²) >= 11 is 17.7. The molecule has 5 nitrogen and oxygen atoms in total. The number of rotatable bonds is 6. The average molecular weight is 416 g/mol. The largest absolute Gasteiger partial charge is 0.479 e. The number of likely N-dealkylation sites (N-methyl/N-ethyl adjacent to an activating group) is 1. The molecule has 2 aromatic carbocycles. The molecule has 0 aliphatic rings. The lowest BCUT2D eigenvalue weighted by Crippen LogP contribution is -2.42. The first-order valence-corrected chi connectivity index (χ1v) is 8.81. The van der Waals surface area contributed by atoms with E-state index in [2.05, 4.69) is 5.32 Å². The summed E-state index contributed by atoms with van der Waals surface area (Å²) in [7, 11) is 1.52. The molecule has 1 unspecified atom stereocenters. The number of ether oxygens (including phenoxy) is 1. The van der Waals surface area contributed by atoms with Crippen LogP contribution in [0.2, 0.25) is 15.1 Å². The van der Waals surface area contributed by atoms with Gasteiger partial charge in [0.2, 0.25) is 5.91 Å². The maximum absolute atomic E-state index is 12.4. The van der Waals surface area contributed by atoms with E-state index in [1.54, 1.807) is 43.3 Å². The molecule has 1 atom stereocenters. The summed E-state index contributed by atoms with van der Waals surface area (Å²) in [4.78, 5) is 25.7. The quantitative estimate of drug-likeness (QED) is 0.755. The Morgan fingerprint density at radius 2 is 1.69 bits per heavy atom. The molecule has 0 aliphatic heterocycles. The smallest absolute Gasteiger partial charge is 0.263 e. The van der Waals surface area contributed by atoms with Gasteiger partial charge in [0.25, 0.3) is 5.91 Å². The summed E-state index contributed by atoms with van der Waals surface area (Å²) < 4.78 is 5.57. The Balaban J connectivity index is 1.91. The topological polar surface area (TPSA) is 58.6 Å². The van der Waals surface area contributed by atoms with Gasteiger partial charge in [0.15, 0.2) is 6.10 Å². The molecule has 0 saturated heterocycles. The maximum atomic E-state index is 12.4. The Bertz CT molecular complexity index is 797. The fourth-order valence-corrected chi connectivity index (χ4v) is 2.73. The van der Waals surface area contributed by atoms with E-state index >= 15 is 0 Å². The van der Waals surface area contributed by atoms with E-state index in [-0.39, 0.29) is 18.4 Å². The van der Waals surface area contributed by atoms with E-state index in [9.17, 15) is 9.59 Å². The molecule has 1 N–H and O–H groups in total. The Morgan fingerprint density at radius 3 is 2.31 bits per heavy atom. The van der Waals surface area contributed by atoms with Crippen molar-refractivity contribution in [3.63, 3.8) is 0 Å².